The molecule has 0 atom stereocenters. The highest BCUT2D eigenvalue weighted by Crippen LogP contribution is 2.52. The van der Waals surface area contributed by atoms with Gasteiger partial charge in [0.05, 0.1) is 0 Å². The summed E-state index contributed by atoms with van der Waals surface area (Å²) in [5.74, 6) is 1.05. The van der Waals surface area contributed by atoms with Crippen LogP contribution in [0.2, 0.25) is 0 Å². The Morgan fingerprint density at radius 3 is 2.04 bits per heavy atom. The Labute approximate surface area is 287 Å². The van der Waals surface area contributed by atoms with E-state index in [0.29, 0.717) is 17.9 Å². The van der Waals surface area contributed by atoms with Gasteiger partial charge in [-0.05, 0) is 124 Å². The molecule has 8 rings (SSSR count). The number of benzene rings is 6. The van der Waals surface area contributed by atoms with Gasteiger partial charge >= 0.3 is 0 Å². The Balaban J connectivity index is 1.32. The number of hydrogen-bond acceptors (Lipinski definition) is 1. The van der Waals surface area contributed by atoms with Gasteiger partial charge in [-0.15, -0.1) is 0 Å². The van der Waals surface area contributed by atoms with Gasteiger partial charge in [0.25, 0.3) is 0 Å². The molecular weight excluding hydrogens is 579 g/mol. The number of aryl methyl sites for hydroxylation is 1. The van der Waals surface area contributed by atoms with E-state index in [-0.39, 0.29) is 5.41 Å². The minimum absolute atomic E-state index is 0.0558. The van der Waals surface area contributed by atoms with Crippen molar-refractivity contribution < 1.29 is 0 Å². The van der Waals surface area contributed by atoms with Gasteiger partial charge in [0.15, 0.2) is 0 Å². The first-order valence-electron chi connectivity index (χ1n) is 18.0. The fraction of sp³-hybridized carbons (Fsp3) is 0.277. The molecule has 0 unspecified atom stereocenters. The molecule has 48 heavy (non-hydrogen) atoms. The van der Waals surface area contributed by atoms with Crippen molar-refractivity contribution in [2.45, 2.75) is 83.6 Å². The molecule has 1 saturated carbocycles. The summed E-state index contributed by atoms with van der Waals surface area (Å²) in [5.41, 5.74) is 15.2. The van der Waals surface area contributed by atoms with Gasteiger partial charge in [-0.25, -0.2) is 0 Å². The molecule has 0 radical (unpaired) electrons. The van der Waals surface area contributed by atoms with Crippen molar-refractivity contribution in [2.75, 3.05) is 4.90 Å². The molecule has 0 aromatic heterocycles. The Kier molecular flexibility index (Phi) is 7.75. The van der Waals surface area contributed by atoms with Crippen LogP contribution in [0.4, 0.5) is 11.4 Å². The Morgan fingerprint density at radius 2 is 1.29 bits per heavy atom. The predicted molar refractivity (Wildman–Crippen MR) is 206 cm³/mol. The van der Waals surface area contributed by atoms with E-state index in [0.717, 1.165) is 12.8 Å². The van der Waals surface area contributed by atoms with Crippen molar-refractivity contribution in [3.8, 4) is 22.3 Å². The summed E-state index contributed by atoms with van der Waals surface area (Å²) in [4.78, 5) is 2.76. The minimum atomic E-state index is -0.0558. The first kappa shape index (κ1) is 30.7. The second-order valence-electron chi connectivity index (χ2n) is 15.1. The molecular formula is C47H47N. The second kappa shape index (κ2) is 12.1. The van der Waals surface area contributed by atoms with E-state index in [1.165, 1.54) is 85.1 Å². The molecule has 0 amide bonds. The van der Waals surface area contributed by atoms with Crippen LogP contribution in [-0.4, -0.2) is 6.04 Å². The van der Waals surface area contributed by atoms with Crippen LogP contribution < -0.4 is 4.90 Å². The number of nitrogens with zero attached hydrogens (tertiary/aromatic N) is 1. The van der Waals surface area contributed by atoms with E-state index in [9.17, 15) is 0 Å². The lowest BCUT2D eigenvalue weighted by atomic mass is 9.80. The van der Waals surface area contributed by atoms with Crippen molar-refractivity contribution in [2.24, 2.45) is 0 Å². The second-order valence-corrected chi connectivity index (χ2v) is 15.1. The summed E-state index contributed by atoms with van der Waals surface area (Å²) >= 11 is 0. The maximum absolute atomic E-state index is 2.76. The molecule has 0 aliphatic heterocycles. The molecule has 1 nitrogen and oxygen atoms in total. The first-order valence-corrected chi connectivity index (χ1v) is 18.0. The first-order chi connectivity index (χ1) is 23.3. The highest BCUT2D eigenvalue weighted by molar-refractivity contribution is 5.97. The van der Waals surface area contributed by atoms with Crippen LogP contribution in [0, 0.1) is 6.92 Å². The third-order valence-electron chi connectivity index (χ3n) is 11.5. The lowest BCUT2D eigenvalue weighted by Gasteiger charge is -2.40. The van der Waals surface area contributed by atoms with E-state index in [1.807, 2.05) is 0 Å². The van der Waals surface area contributed by atoms with Gasteiger partial charge in [0.2, 0.25) is 0 Å². The van der Waals surface area contributed by atoms with Crippen molar-refractivity contribution in [1.29, 1.82) is 0 Å². The lowest BCUT2D eigenvalue weighted by Crippen LogP contribution is -2.35. The SMILES string of the molecule is Cc1cccc2c1-c1ccc(N(c3cc4ccccc4cc3-c3ccccc3C(C)C)C3CCC(c4ccccc4)CC3)cc1C2(C)C. The van der Waals surface area contributed by atoms with Gasteiger partial charge in [0, 0.05) is 28.4 Å². The predicted octanol–water partition coefficient (Wildman–Crippen LogP) is 13.1. The highest BCUT2D eigenvalue weighted by atomic mass is 15.2. The van der Waals surface area contributed by atoms with Gasteiger partial charge in [-0.2, -0.15) is 0 Å². The third kappa shape index (κ3) is 5.16. The van der Waals surface area contributed by atoms with Gasteiger partial charge in [-0.1, -0.05) is 131 Å². The molecule has 0 heterocycles. The summed E-state index contributed by atoms with van der Waals surface area (Å²) in [6, 6.07) is 48.8. The summed E-state index contributed by atoms with van der Waals surface area (Å²) in [7, 11) is 0. The van der Waals surface area contributed by atoms with Crippen molar-refractivity contribution in [3.05, 3.63) is 155 Å². The number of fused-ring (bicyclic) bond motifs is 4. The Bertz CT molecular complexity index is 2110. The zero-order valence-corrected chi connectivity index (χ0v) is 29.1. The van der Waals surface area contributed by atoms with Crippen molar-refractivity contribution in [3.63, 3.8) is 0 Å². The molecule has 0 saturated heterocycles. The molecule has 1 heteroatoms. The van der Waals surface area contributed by atoms with Crippen LogP contribution in [0.15, 0.2) is 127 Å². The number of rotatable bonds is 6. The summed E-state index contributed by atoms with van der Waals surface area (Å²) in [5, 5.41) is 2.59. The van der Waals surface area contributed by atoms with Crippen LogP contribution >= 0.6 is 0 Å². The average Bonchev–Trinajstić information content (AvgIpc) is 3.35. The third-order valence-corrected chi connectivity index (χ3v) is 11.5. The molecule has 0 spiro atoms. The minimum Gasteiger partial charge on any atom is -0.338 e. The Morgan fingerprint density at radius 1 is 0.604 bits per heavy atom. The summed E-state index contributed by atoms with van der Waals surface area (Å²) in [6.45, 7) is 11.7. The van der Waals surface area contributed by atoms with E-state index >= 15 is 0 Å². The van der Waals surface area contributed by atoms with Crippen molar-refractivity contribution in [1.82, 2.24) is 0 Å². The number of anilines is 2. The van der Waals surface area contributed by atoms with E-state index < -0.39 is 0 Å². The smallest absolute Gasteiger partial charge is 0.0499 e. The van der Waals surface area contributed by atoms with Crippen LogP contribution in [0.3, 0.4) is 0 Å². The fourth-order valence-electron chi connectivity index (χ4n) is 8.94. The molecule has 240 valence electrons. The normalized spacial score (nSPS) is 18.1. The molecule has 0 bridgehead atoms. The standard InChI is InChI=1S/C47H47N/c1-31(2)39-19-11-12-20-40(39)42-28-35-17-9-10-18-36(35)29-45(42)48(37-24-22-34(23-25-37)33-15-7-6-8-16-33)38-26-27-41-44(30-38)47(4,5)43-21-13-14-32(3)46(41)43/h6-21,26-31,34,37H,22-25H2,1-5H3. The molecule has 0 N–H and O–H groups in total. The van der Waals surface area contributed by atoms with E-state index in [4.69, 9.17) is 0 Å². The quantitative estimate of drug-likeness (QED) is 0.178. The van der Waals surface area contributed by atoms with Crippen molar-refractivity contribution >= 4 is 22.1 Å². The number of hydrogen-bond donors (Lipinski definition) is 0. The molecule has 2 aliphatic rings. The van der Waals surface area contributed by atoms with Crippen LogP contribution in [-0.2, 0) is 5.41 Å². The molecule has 6 aromatic carbocycles. The van der Waals surface area contributed by atoms with E-state index in [2.05, 4.69) is 167 Å². The lowest BCUT2D eigenvalue weighted by molar-refractivity contribution is 0.392. The van der Waals surface area contributed by atoms with Gasteiger partial charge in [-0.3, -0.25) is 0 Å². The molecule has 2 aliphatic carbocycles. The fourth-order valence-corrected chi connectivity index (χ4v) is 8.94. The molecule has 1 fully saturated rings. The van der Waals surface area contributed by atoms with Gasteiger partial charge in [0.1, 0.15) is 0 Å². The zero-order chi connectivity index (χ0) is 33.0. The zero-order valence-electron chi connectivity index (χ0n) is 29.1. The largest absolute Gasteiger partial charge is 0.338 e. The van der Waals surface area contributed by atoms with Gasteiger partial charge < -0.3 is 4.90 Å². The van der Waals surface area contributed by atoms with Crippen LogP contribution in [0.5, 0.6) is 0 Å². The maximum atomic E-state index is 2.76. The molecule has 6 aromatic rings. The van der Waals surface area contributed by atoms with Crippen LogP contribution in [0.1, 0.15) is 93.0 Å². The Hall–Kier alpha value is -4.62. The maximum Gasteiger partial charge on any atom is 0.0499 e. The summed E-state index contributed by atoms with van der Waals surface area (Å²) in [6.07, 6.45) is 4.74. The van der Waals surface area contributed by atoms with Crippen LogP contribution in [0.25, 0.3) is 33.0 Å². The highest BCUT2D eigenvalue weighted by Gasteiger charge is 2.38. The monoisotopic (exact) mass is 625 g/mol. The topological polar surface area (TPSA) is 3.24 Å². The summed E-state index contributed by atoms with van der Waals surface area (Å²) < 4.78 is 0. The van der Waals surface area contributed by atoms with E-state index in [1.54, 1.807) is 0 Å². The average molecular weight is 626 g/mol.